The summed E-state index contributed by atoms with van der Waals surface area (Å²) in [5, 5.41) is 19.9. The molecule has 0 aromatic heterocycles. The van der Waals surface area contributed by atoms with Crippen LogP contribution in [0.3, 0.4) is 0 Å². The third kappa shape index (κ3) is 2.05. The molecule has 0 bridgehead atoms. The van der Waals surface area contributed by atoms with E-state index in [2.05, 4.69) is 0 Å². The van der Waals surface area contributed by atoms with E-state index in [0.717, 1.165) is 11.1 Å². The first-order valence-corrected chi connectivity index (χ1v) is 6.19. The van der Waals surface area contributed by atoms with Gasteiger partial charge in [0, 0.05) is 0 Å². The molecule has 0 spiro atoms. The Morgan fingerprint density at radius 3 is 1.50 bits per heavy atom. The lowest BCUT2D eigenvalue weighted by atomic mass is 9.72. The minimum absolute atomic E-state index is 0.624. The zero-order valence-electron chi connectivity index (χ0n) is 10.5. The van der Waals surface area contributed by atoms with Gasteiger partial charge in [-0.3, -0.25) is 0 Å². The minimum Gasteiger partial charge on any atom is -0.367 e. The van der Waals surface area contributed by atoms with Crippen molar-refractivity contribution in [1.29, 1.82) is 0 Å². The van der Waals surface area contributed by atoms with Crippen molar-refractivity contribution in [1.82, 2.24) is 0 Å². The van der Waals surface area contributed by atoms with Gasteiger partial charge in [-0.1, -0.05) is 67.6 Å². The largest absolute Gasteiger partial charge is 0.367 e. The van der Waals surface area contributed by atoms with Crippen LogP contribution in [-0.4, -0.2) is 16.5 Å². The maximum Gasteiger partial charge on any atom is 0.165 e. The smallest absolute Gasteiger partial charge is 0.165 e. The summed E-state index contributed by atoms with van der Waals surface area (Å²) in [7, 11) is 0. The van der Waals surface area contributed by atoms with E-state index >= 15 is 0 Å². The van der Waals surface area contributed by atoms with E-state index < -0.39 is 11.7 Å². The first-order chi connectivity index (χ1) is 8.71. The van der Waals surface area contributed by atoms with Crippen LogP contribution in [0, 0.1) is 0 Å². The lowest BCUT2D eigenvalue weighted by Gasteiger charge is -2.35. The number of rotatable bonds is 4. The van der Waals surface area contributed by atoms with Gasteiger partial charge in [0.2, 0.25) is 0 Å². The molecule has 2 aromatic rings. The van der Waals surface area contributed by atoms with E-state index in [1.807, 2.05) is 67.6 Å². The zero-order chi connectivity index (χ0) is 13.0. The van der Waals surface area contributed by atoms with Gasteiger partial charge in [-0.05, 0) is 17.5 Å². The number of aliphatic hydroxyl groups is 2. The molecule has 0 radical (unpaired) electrons. The average Bonchev–Trinajstić information content (AvgIpc) is 2.42. The highest BCUT2D eigenvalue weighted by Crippen LogP contribution is 2.37. The highest BCUT2D eigenvalue weighted by molar-refractivity contribution is 5.40. The van der Waals surface area contributed by atoms with E-state index in [-0.39, 0.29) is 0 Å². The fourth-order valence-electron chi connectivity index (χ4n) is 2.53. The molecule has 2 nitrogen and oxygen atoms in total. The molecule has 2 rings (SSSR count). The lowest BCUT2D eigenvalue weighted by molar-refractivity contribution is -0.0885. The fourth-order valence-corrected chi connectivity index (χ4v) is 2.53. The fraction of sp³-hybridized carbons (Fsp3) is 0.250. The second kappa shape index (κ2) is 5.34. The molecule has 2 N–H and O–H groups in total. The van der Waals surface area contributed by atoms with Gasteiger partial charge >= 0.3 is 0 Å². The van der Waals surface area contributed by atoms with E-state index in [9.17, 15) is 10.2 Å². The quantitative estimate of drug-likeness (QED) is 0.809. The SMILES string of the molecule is CCC(c1ccccc1)(c1ccccc1)C(O)O. The normalized spacial score (nSPS) is 11.8. The molecule has 0 aliphatic rings. The molecule has 0 aliphatic heterocycles. The minimum atomic E-state index is -1.42. The van der Waals surface area contributed by atoms with E-state index in [1.54, 1.807) is 0 Å². The van der Waals surface area contributed by atoms with Crippen LogP contribution in [0.25, 0.3) is 0 Å². The highest BCUT2D eigenvalue weighted by atomic mass is 16.5. The predicted molar refractivity (Wildman–Crippen MR) is 72.2 cm³/mol. The predicted octanol–water partition coefficient (Wildman–Crippen LogP) is 2.69. The van der Waals surface area contributed by atoms with Crippen molar-refractivity contribution >= 4 is 0 Å². The van der Waals surface area contributed by atoms with Crippen molar-refractivity contribution < 1.29 is 10.2 Å². The van der Waals surface area contributed by atoms with Crippen LogP contribution in [0.4, 0.5) is 0 Å². The molecule has 0 atom stereocenters. The third-order valence-electron chi connectivity index (χ3n) is 3.58. The Morgan fingerprint density at radius 1 is 0.833 bits per heavy atom. The van der Waals surface area contributed by atoms with Gasteiger partial charge in [0.15, 0.2) is 6.29 Å². The molecule has 0 saturated carbocycles. The number of benzene rings is 2. The van der Waals surface area contributed by atoms with Crippen molar-refractivity contribution in [3.8, 4) is 0 Å². The van der Waals surface area contributed by atoms with E-state index in [0.29, 0.717) is 6.42 Å². The zero-order valence-corrected chi connectivity index (χ0v) is 10.5. The Labute approximate surface area is 108 Å². The van der Waals surface area contributed by atoms with Gasteiger partial charge in [-0.15, -0.1) is 0 Å². The molecular formula is C16H18O2. The Hall–Kier alpha value is -1.64. The maximum absolute atomic E-state index is 9.93. The van der Waals surface area contributed by atoms with Crippen LogP contribution >= 0.6 is 0 Å². The summed E-state index contributed by atoms with van der Waals surface area (Å²) >= 11 is 0. The monoisotopic (exact) mass is 242 g/mol. The first-order valence-electron chi connectivity index (χ1n) is 6.19. The van der Waals surface area contributed by atoms with Gasteiger partial charge in [0.25, 0.3) is 0 Å². The standard InChI is InChI=1S/C16H18O2/c1-2-16(15(17)18,13-9-5-3-6-10-13)14-11-7-4-8-12-14/h3-12,15,17-18H,2H2,1H3. The topological polar surface area (TPSA) is 40.5 Å². The number of aliphatic hydroxyl groups excluding tert-OH is 1. The Bertz CT molecular complexity index is 437. The molecule has 0 amide bonds. The van der Waals surface area contributed by atoms with Crippen LogP contribution < -0.4 is 0 Å². The maximum atomic E-state index is 9.93. The Morgan fingerprint density at radius 2 is 1.22 bits per heavy atom. The van der Waals surface area contributed by atoms with Crippen LogP contribution in [0.5, 0.6) is 0 Å². The average molecular weight is 242 g/mol. The van der Waals surface area contributed by atoms with Gasteiger partial charge < -0.3 is 10.2 Å². The van der Waals surface area contributed by atoms with Crippen LogP contribution in [0.1, 0.15) is 24.5 Å². The van der Waals surface area contributed by atoms with Crippen molar-refractivity contribution in [3.63, 3.8) is 0 Å². The molecule has 0 unspecified atom stereocenters. The second-order valence-corrected chi connectivity index (χ2v) is 4.43. The molecule has 0 fully saturated rings. The van der Waals surface area contributed by atoms with Gasteiger partial charge in [0.1, 0.15) is 0 Å². The van der Waals surface area contributed by atoms with Gasteiger partial charge in [0.05, 0.1) is 5.41 Å². The Kier molecular flexibility index (Phi) is 3.80. The van der Waals surface area contributed by atoms with Crippen molar-refractivity contribution in [2.45, 2.75) is 25.0 Å². The molecule has 2 aromatic carbocycles. The summed E-state index contributed by atoms with van der Waals surface area (Å²) in [4.78, 5) is 0. The van der Waals surface area contributed by atoms with Crippen molar-refractivity contribution in [2.24, 2.45) is 0 Å². The third-order valence-corrected chi connectivity index (χ3v) is 3.58. The number of hydrogen-bond acceptors (Lipinski definition) is 2. The molecular weight excluding hydrogens is 224 g/mol. The molecule has 0 aliphatic carbocycles. The second-order valence-electron chi connectivity index (χ2n) is 4.43. The molecule has 18 heavy (non-hydrogen) atoms. The first kappa shape index (κ1) is 12.8. The summed E-state index contributed by atoms with van der Waals surface area (Å²) in [6, 6.07) is 19.3. The molecule has 2 heteroatoms. The summed E-state index contributed by atoms with van der Waals surface area (Å²) < 4.78 is 0. The van der Waals surface area contributed by atoms with Crippen LogP contribution in [-0.2, 0) is 5.41 Å². The molecule has 0 saturated heterocycles. The Balaban J connectivity index is 2.61. The van der Waals surface area contributed by atoms with Crippen molar-refractivity contribution in [3.05, 3.63) is 71.8 Å². The van der Waals surface area contributed by atoms with Gasteiger partial charge in [-0.2, -0.15) is 0 Å². The summed E-state index contributed by atoms with van der Waals surface area (Å²) in [6.07, 6.45) is -0.800. The lowest BCUT2D eigenvalue weighted by Crippen LogP contribution is -2.40. The molecule has 94 valence electrons. The molecule has 0 heterocycles. The van der Waals surface area contributed by atoms with Crippen LogP contribution in [0.15, 0.2) is 60.7 Å². The summed E-state index contributed by atoms with van der Waals surface area (Å²) in [5.41, 5.74) is 1.09. The highest BCUT2D eigenvalue weighted by Gasteiger charge is 2.38. The van der Waals surface area contributed by atoms with E-state index in [4.69, 9.17) is 0 Å². The number of hydrogen-bond donors (Lipinski definition) is 2. The van der Waals surface area contributed by atoms with Crippen molar-refractivity contribution in [2.75, 3.05) is 0 Å². The van der Waals surface area contributed by atoms with Gasteiger partial charge in [-0.25, -0.2) is 0 Å². The summed E-state index contributed by atoms with van der Waals surface area (Å²) in [5.74, 6) is 0. The van der Waals surface area contributed by atoms with Crippen LogP contribution in [0.2, 0.25) is 0 Å². The summed E-state index contributed by atoms with van der Waals surface area (Å²) in [6.45, 7) is 1.97. The van der Waals surface area contributed by atoms with E-state index in [1.165, 1.54) is 0 Å².